The number of carbonyl (C=O) groups excluding carboxylic acids is 1. The molecule has 1 aromatic heterocycles. The van der Waals surface area contributed by atoms with Crippen LogP contribution < -0.4 is 10.6 Å². The third kappa shape index (κ3) is 4.32. The highest BCUT2D eigenvalue weighted by molar-refractivity contribution is 6.04. The number of unbranched alkanes of at least 4 members (excludes halogenated alkanes) is 1. The molecule has 0 fully saturated rings. The molecular formula is C18H23N3O. The lowest BCUT2D eigenvalue weighted by molar-refractivity contribution is 0.102. The van der Waals surface area contributed by atoms with Crippen molar-refractivity contribution in [2.45, 2.75) is 33.6 Å². The largest absolute Gasteiger partial charge is 0.370 e. The second-order valence-electron chi connectivity index (χ2n) is 5.47. The fraction of sp³-hybridized carbons (Fsp3) is 0.333. The van der Waals surface area contributed by atoms with Crippen LogP contribution in [-0.4, -0.2) is 17.4 Å². The maximum Gasteiger partial charge on any atom is 0.255 e. The van der Waals surface area contributed by atoms with Gasteiger partial charge >= 0.3 is 0 Å². The van der Waals surface area contributed by atoms with Crippen molar-refractivity contribution in [1.82, 2.24) is 4.98 Å². The third-order valence-electron chi connectivity index (χ3n) is 3.63. The molecule has 4 heteroatoms. The van der Waals surface area contributed by atoms with E-state index in [1.165, 1.54) is 5.56 Å². The lowest BCUT2D eigenvalue weighted by atomic mass is 10.1. The van der Waals surface area contributed by atoms with E-state index in [9.17, 15) is 4.79 Å². The number of benzene rings is 1. The zero-order chi connectivity index (χ0) is 15.9. The molecule has 0 aliphatic rings. The van der Waals surface area contributed by atoms with Crippen LogP contribution in [0.3, 0.4) is 0 Å². The van der Waals surface area contributed by atoms with E-state index in [1.807, 2.05) is 44.2 Å². The zero-order valence-corrected chi connectivity index (χ0v) is 13.4. The Hall–Kier alpha value is -2.36. The predicted molar refractivity (Wildman–Crippen MR) is 91.5 cm³/mol. The van der Waals surface area contributed by atoms with Crippen LogP contribution in [0.2, 0.25) is 0 Å². The van der Waals surface area contributed by atoms with Crippen molar-refractivity contribution in [2.24, 2.45) is 0 Å². The molecule has 0 aliphatic heterocycles. The van der Waals surface area contributed by atoms with Crippen molar-refractivity contribution in [1.29, 1.82) is 0 Å². The van der Waals surface area contributed by atoms with Crippen LogP contribution in [0.25, 0.3) is 0 Å². The molecule has 0 spiro atoms. The molecule has 1 heterocycles. The van der Waals surface area contributed by atoms with Gasteiger partial charge < -0.3 is 10.6 Å². The van der Waals surface area contributed by atoms with Gasteiger partial charge in [-0.05, 0) is 55.7 Å². The van der Waals surface area contributed by atoms with Crippen molar-refractivity contribution in [2.75, 3.05) is 17.2 Å². The Bertz CT molecular complexity index is 635. The fourth-order valence-electron chi connectivity index (χ4n) is 2.05. The number of rotatable bonds is 6. The van der Waals surface area contributed by atoms with Gasteiger partial charge in [0.15, 0.2) is 0 Å². The number of aromatic nitrogens is 1. The molecule has 0 saturated heterocycles. The Balaban J connectivity index is 1.97. The first-order valence-corrected chi connectivity index (χ1v) is 7.68. The standard InChI is InChI=1S/C18H23N3O/c1-4-5-10-19-17-9-8-16(12-20-17)21-18(22)15-7-6-13(2)14(3)11-15/h6-9,11-12H,4-5,10H2,1-3H3,(H,19,20)(H,21,22). The van der Waals surface area contributed by atoms with Gasteiger partial charge in [0.1, 0.15) is 5.82 Å². The molecular weight excluding hydrogens is 274 g/mol. The van der Waals surface area contributed by atoms with Crippen LogP contribution in [0.1, 0.15) is 41.3 Å². The van der Waals surface area contributed by atoms with Gasteiger partial charge in [0, 0.05) is 12.1 Å². The first kappa shape index (κ1) is 16.0. The van der Waals surface area contributed by atoms with Crippen LogP contribution in [0.4, 0.5) is 11.5 Å². The molecule has 0 unspecified atom stereocenters. The number of aryl methyl sites for hydroxylation is 2. The lowest BCUT2D eigenvalue weighted by Gasteiger charge is -2.08. The summed E-state index contributed by atoms with van der Waals surface area (Å²) < 4.78 is 0. The van der Waals surface area contributed by atoms with Gasteiger partial charge in [-0.25, -0.2) is 4.98 Å². The number of carbonyl (C=O) groups is 1. The maximum atomic E-state index is 12.2. The van der Waals surface area contributed by atoms with Crippen LogP contribution in [-0.2, 0) is 0 Å². The molecule has 0 aliphatic carbocycles. The molecule has 0 atom stereocenters. The molecule has 0 bridgehead atoms. The number of nitrogens with zero attached hydrogens (tertiary/aromatic N) is 1. The molecule has 2 N–H and O–H groups in total. The smallest absolute Gasteiger partial charge is 0.255 e. The van der Waals surface area contributed by atoms with E-state index in [-0.39, 0.29) is 5.91 Å². The molecule has 4 nitrogen and oxygen atoms in total. The lowest BCUT2D eigenvalue weighted by Crippen LogP contribution is -2.12. The highest BCUT2D eigenvalue weighted by Gasteiger charge is 2.07. The summed E-state index contributed by atoms with van der Waals surface area (Å²) in [4.78, 5) is 16.5. The van der Waals surface area contributed by atoms with Crippen molar-refractivity contribution in [3.05, 3.63) is 53.2 Å². The average Bonchev–Trinajstić information content (AvgIpc) is 2.52. The summed E-state index contributed by atoms with van der Waals surface area (Å²) in [7, 11) is 0. The van der Waals surface area contributed by atoms with E-state index >= 15 is 0 Å². The highest BCUT2D eigenvalue weighted by Crippen LogP contribution is 2.14. The van der Waals surface area contributed by atoms with E-state index in [0.717, 1.165) is 30.8 Å². The van der Waals surface area contributed by atoms with E-state index in [1.54, 1.807) is 6.20 Å². The minimum atomic E-state index is -0.114. The van der Waals surface area contributed by atoms with Gasteiger partial charge in [-0.1, -0.05) is 19.4 Å². The van der Waals surface area contributed by atoms with E-state index in [2.05, 4.69) is 22.5 Å². The molecule has 1 amide bonds. The topological polar surface area (TPSA) is 54.0 Å². The van der Waals surface area contributed by atoms with Crippen molar-refractivity contribution in [3.8, 4) is 0 Å². The normalized spacial score (nSPS) is 10.3. The van der Waals surface area contributed by atoms with Crippen LogP contribution in [0.15, 0.2) is 36.5 Å². The summed E-state index contributed by atoms with van der Waals surface area (Å²) >= 11 is 0. The molecule has 2 rings (SSSR count). The van der Waals surface area contributed by atoms with Gasteiger partial charge in [-0.15, -0.1) is 0 Å². The van der Waals surface area contributed by atoms with E-state index < -0.39 is 0 Å². The predicted octanol–water partition coefficient (Wildman–Crippen LogP) is 4.16. The molecule has 22 heavy (non-hydrogen) atoms. The van der Waals surface area contributed by atoms with Gasteiger partial charge in [0.25, 0.3) is 5.91 Å². The van der Waals surface area contributed by atoms with E-state index in [0.29, 0.717) is 11.3 Å². The van der Waals surface area contributed by atoms with Gasteiger partial charge in [0.05, 0.1) is 11.9 Å². The van der Waals surface area contributed by atoms with Gasteiger partial charge in [0.2, 0.25) is 0 Å². The average molecular weight is 297 g/mol. The highest BCUT2D eigenvalue weighted by atomic mass is 16.1. The summed E-state index contributed by atoms with van der Waals surface area (Å²) in [6, 6.07) is 9.44. The summed E-state index contributed by atoms with van der Waals surface area (Å²) in [5.41, 5.74) is 3.65. The first-order valence-electron chi connectivity index (χ1n) is 7.68. The molecule has 0 radical (unpaired) electrons. The quantitative estimate of drug-likeness (QED) is 0.787. The summed E-state index contributed by atoms with van der Waals surface area (Å²) in [5.74, 6) is 0.717. The molecule has 2 aromatic rings. The Morgan fingerprint density at radius 3 is 2.59 bits per heavy atom. The number of hydrogen-bond donors (Lipinski definition) is 2. The molecule has 116 valence electrons. The zero-order valence-electron chi connectivity index (χ0n) is 13.4. The van der Waals surface area contributed by atoms with Gasteiger partial charge in [-0.2, -0.15) is 0 Å². The minimum absolute atomic E-state index is 0.114. The van der Waals surface area contributed by atoms with E-state index in [4.69, 9.17) is 0 Å². The Kier molecular flexibility index (Phi) is 5.53. The second kappa shape index (κ2) is 7.59. The Labute approximate surface area is 132 Å². The first-order chi connectivity index (χ1) is 10.6. The number of amides is 1. The Morgan fingerprint density at radius 2 is 1.95 bits per heavy atom. The second-order valence-corrected chi connectivity index (χ2v) is 5.47. The van der Waals surface area contributed by atoms with Crippen LogP contribution in [0, 0.1) is 13.8 Å². The monoisotopic (exact) mass is 297 g/mol. The third-order valence-corrected chi connectivity index (χ3v) is 3.63. The number of pyridine rings is 1. The van der Waals surface area contributed by atoms with Crippen molar-refractivity contribution in [3.63, 3.8) is 0 Å². The summed E-state index contributed by atoms with van der Waals surface area (Å²) in [5, 5.41) is 6.12. The molecule has 1 aromatic carbocycles. The van der Waals surface area contributed by atoms with Crippen LogP contribution >= 0.6 is 0 Å². The summed E-state index contributed by atoms with van der Waals surface area (Å²) in [6.45, 7) is 7.11. The molecule has 0 saturated carbocycles. The Morgan fingerprint density at radius 1 is 1.14 bits per heavy atom. The minimum Gasteiger partial charge on any atom is -0.370 e. The number of hydrogen-bond acceptors (Lipinski definition) is 3. The summed E-state index contributed by atoms with van der Waals surface area (Å²) in [6.07, 6.45) is 3.94. The fourth-order valence-corrected chi connectivity index (χ4v) is 2.05. The maximum absolute atomic E-state index is 12.2. The SMILES string of the molecule is CCCCNc1ccc(NC(=O)c2ccc(C)c(C)c2)cn1. The van der Waals surface area contributed by atoms with Gasteiger partial charge in [-0.3, -0.25) is 4.79 Å². The van der Waals surface area contributed by atoms with Crippen molar-refractivity contribution >= 4 is 17.4 Å². The van der Waals surface area contributed by atoms with Crippen molar-refractivity contribution < 1.29 is 4.79 Å². The number of nitrogens with one attached hydrogen (secondary N) is 2. The van der Waals surface area contributed by atoms with Crippen LogP contribution in [0.5, 0.6) is 0 Å². The number of anilines is 2.